The van der Waals surface area contributed by atoms with Crippen molar-refractivity contribution in [2.24, 2.45) is 0 Å². The van der Waals surface area contributed by atoms with Gasteiger partial charge in [-0.05, 0) is 18.2 Å². The van der Waals surface area contributed by atoms with Gasteiger partial charge >= 0.3 is 5.97 Å². The molecule has 0 aliphatic rings. The van der Waals surface area contributed by atoms with Crippen LogP contribution >= 0.6 is 22.9 Å². The number of carbonyl (C=O) groups excluding carboxylic acids is 1. The average molecular weight is 294 g/mol. The second-order valence-electron chi connectivity index (χ2n) is 3.45. The third-order valence-corrected chi connectivity index (χ3v) is 3.54. The average Bonchev–Trinajstić information content (AvgIpc) is 2.79. The van der Waals surface area contributed by atoms with E-state index >= 15 is 0 Å². The molecular formula is C12H8ClN3O2S. The molecule has 0 spiro atoms. The molecule has 0 radical (unpaired) electrons. The first-order valence-corrected chi connectivity index (χ1v) is 6.35. The molecule has 2 rings (SSSR count). The molecule has 1 aromatic heterocycles. The number of anilines is 2. The summed E-state index contributed by atoms with van der Waals surface area (Å²) in [6.45, 7) is 0. The first-order chi connectivity index (χ1) is 9.13. The maximum atomic E-state index is 11.4. The number of nitriles is 1. The lowest BCUT2D eigenvalue weighted by Crippen LogP contribution is -1.98. The molecule has 0 bridgehead atoms. The van der Waals surface area contributed by atoms with Crippen molar-refractivity contribution >= 4 is 39.7 Å². The van der Waals surface area contributed by atoms with E-state index in [2.05, 4.69) is 15.0 Å². The molecule has 7 heteroatoms. The summed E-state index contributed by atoms with van der Waals surface area (Å²) in [5.74, 6) is -0.527. The number of benzene rings is 1. The number of nitrogens with zero attached hydrogens (tertiary/aromatic N) is 2. The molecular weight excluding hydrogens is 286 g/mol. The SMILES string of the molecule is COC(=O)c1sc(Nc2cccc(C#N)c2)nc1Cl. The van der Waals surface area contributed by atoms with Gasteiger partial charge in [0.2, 0.25) is 0 Å². The van der Waals surface area contributed by atoms with Crippen LogP contribution in [-0.4, -0.2) is 18.1 Å². The number of carbonyl (C=O) groups is 1. The van der Waals surface area contributed by atoms with Gasteiger partial charge < -0.3 is 10.1 Å². The van der Waals surface area contributed by atoms with E-state index in [1.54, 1.807) is 24.3 Å². The van der Waals surface area contributed by atoms with Gasteiger partial charge in [0.1, 0.15) is 0 Å². The Morgan fingerprint density at radius 3 is 3.05 bits per heavy atom. The van der Waals surface area contributed by atoms with Gasteiger partial charge in [-0.3, -0.25) is 0 Å². The third-order valence-electron chi connectivity index (χ3n) is 2.20. The highest BCUT2D eigenvalue weighted by Gasteiger charge is 2.17. The smallest absolute Gasteiger partial charge is 0.351 e. The maximum Gasteiger partial charge on any atom is 0.351 e. The van der Waals surface area contributed by atoms with Crippen LogP contribution in [0.25, 0.3) is 0 Å². The second kappa shape index (κ2) is 5.69. The minimum absolute atomic E-state index is 0.0933. The maximum absolute atomic E-state index is 11.4. The first kappa shape index (κ1) is 13.3. The van der Waals surface area contributed by atoms with Crippen molar-refractivity contribution in [1.82, 2.24) is 4.98 Å². The van der Waals surface area contributed by atoms with Crippen LogP contribution in [0.1, 0.15) is 15.2 Å². The van der Waals surface area contributed by atoms with Crippen molar-refractivity contribution in [3.8, 4) is 6.07 Å². The quantitative estimate of drug-likeness (QED) is 0.880. The number of aromatic nitrogens is 1. The molecule has 0 unspecified atom stereocenters. The summed E-state index contributed by atoms with van der Waals surface area (Å²) in [5.41, 5.74) is 1.22. The number of esters is 1. The van der Waals surface area contributed by atoms with Crippen molar-refractivity contribution in [3.05, 3.63) is 39.9 Å². The Kier molecular flexibility index (Phi) is 4.00. The third kappa shape index (κ3) is 3.02. The molecule has 1 N–H and O–H groups in total. The highest BCUT2D eigenvalue weighted by atomic mass is 35.5. The molecule has 5 nitrogen and oxygen atoms in total. The lowest BCUT2D eigenvalue weighted by Gasteiger charge is -2.01. The van der Waals surface area contributed by atoms with E-state index in [0.29, 0.717) is 16.4 Å². The van der Waals surface area contributed by atoms with Gasteiger partial charge in [0, 0.05) is 5.69 Å². The molecule has 0 amide bonds. The van der Waals surface area contributed by atoms with Crippen LogP contribution in [0.15, 0.2) is 24.3 Å². The molecule has 96 valence electrons. The summed E-state index contributed by atoms with van der Waals surface area (Å²) in [5, 5.41) is 12.3. The largest absolute Gasteiger partial charge is 0.465 e. The minimum atomic E-state index is -0.527. The Bertz CT molecular complexity index is 663. The Labute approximate surface area is 118 Å². The zero-order valence-corrected chi connectivity index (χ0v) is 11.4. The number of methoxy groups -OCH3 is 1. The van der Waals surface area contributed by atoms with Gasteiger partial charge in [0.15, 0.2) is 15.2 Å². The molecule has 0 saturated heterocycles. The molecule has 0 saturated carbocycles. The van der Waals surface area contributed by atoms with Crippen LogP contribution in [-0.2, 0) is 4.74 Å². The van der Waals surface area contributed by atoms with Crippen LogP contribution in [0.4, 0.5) is 10.8 Å². The fraction of sp³-hybridized carbons (Fsp3) is 0.0833. The predicted octanol–water partition coefficient (Wildman–Crippen LogP) is 3.20. The molecule has 0 aliphatic carbocycles. The van der Waals surface area contributed by atoms with Crippen molar-refractivity contribution in [3.63, 3.8) is 0 Å². The van der Waals surface area contributed by atoms with E-state index in [0.717, 1.165) is 11.3 Å². The molecule has 0 atom stereocenters. The summed E-state index contributed by atoms with van der Waals surface area (Å²) < 4.78 is 4.59. The minimum Gasteiger partial charge on any atom is -0.465 e. The number of nitrogens with one attached hydrogen (secondary N) is 1. The number of hydrogen-bond donors (Lipinski definition) is 1. The van der Waals surface area contributed by atoms with Gasteiger partial charge in [-0.2, -0.15) is 5.26 Å². The van der Waals surface area contributed by atoms with E-state index < -0.39 is 5.97 Å². The number of hydrogen-bond acceptors (Lipinski definition) is 6. The zero-order chi connectivity index (χ0) is 13.8. The topological polar surface area (TPSA) is 75.0 Å². The fourth-order valence-corrected chi connectivity index (χ4v) is 2.49. The van der Waals surface area contributed by atoms with E-state index in [4.69, 9.17) is 16.9 Å². The standard InChI is InChI=1S/C12H8ClN3O2S/c1-18-11(17)9-10(13)16-12(19-9)15-8-4-2-3-7(5-8)6-14/h2-5H,1H3,(H,15,16). The highest BCUT2D eigenvalue weighted by Crippen LogP contribution is 2.29. The summed E-state index contributed by atoms with van der Waals surface area (Å²) in [7, 11) is 1.28. The Morgan fingerprint density at radius 2 is 2.37 bits per heavy atom. The van der Waals surface area contributed by atoms with Crippen LogP contribution < -0.4 is 5.32 Å². The molecule has 2 aromatic rings. The van der Waals surface area contributed by atoms with Crippen LogP contribution in [0, 0.1) is 11.3 Å². The molecule has 0 aliphatic heterocycles. The zero-order valence-electron chi connectivity index (χ0n) is 9.81. The monoisotopic (exact) mass is 293 g/mol. The van der Waals surface area contributed by atoms with Gasteiger partial charge in [0.05, 0.1) is 18.7 Å². The van der Waals surface area contributed by atoms with Gasteiger partial charge in [-0.25, -0.2) is 9.78 Å². The second-order valence-corrected chi connectivity index (χ2v) is 4.81. The molecule has 19 heavy (non-hydrogen) atoms. The van der Waals surface area contributed by atoms with Crippen LogP contribution in [0.5, 0.6) is 0 Å². The molecule has 1 aromatic carbocycles. The molecule has 0 fully saturated rings. The van der Waals surface area contributed by atoms with E-state index in [-0.39, 0.29) is 10.0 Å². The number of ether oxygens (including phenoxy) is 1. The summed E-state index contributed by atoms with van der Waals surface area (Å²) >= 11 is 6.94. The summed E-state index contributed by atoms with van der Waals surface area (Å²) in [4.78, 5) is 15.7. The van der Waals surface area contributed by atoms with Crippen molar-refractivity contribution in [1.29, 1.82) is 5.26 Å². The Balaban J connectivity index is 2.24. The van der Waals surface area contributed by atoms with Gasteiger partial charge in [0.25, 0.3) is 0 Å². The number of halogens is 1. The Hall–Kier alpha value is -2.10. The number of thiazole rings is 1. The van der Waals surface area contributed by atoms with E-state index in [1.165, 1.54) is 7.11 Å². The van der Waals surface area contributed by atoms with E-state index in [9.17, 15) is 4.79 Å². The van der Waals surface area contributed by atoms with Crippen LogP contribution in [0.3, 0.4) is 0 Å². The van der Waals surface area contributed by atoms with Crippen molar-refractivity contribution in [2.75, 3.05) is 12.4 Å². The first-order valence-electron chi connectivity index (χ1n) is 5.16. The Morgan fingerprint density at radius 1 is 1.58 bits per heavy atom. The predicted molar refractivity (Wildman–Crippen MR) is 72.9 cm³/mol. The number of rotatable bonds is 3. The normalized spacial score (nSPS) is 9.74. The summed E-state index contributed by atoms with van der Waals surface area (Å²) in [6, 6.07) is 8.94. The van der Waals surface area contributed by atoms with Gasteiger partial charge in [-0.15, -0.1) is 0 Å². The summed E-state index contributed by atoms with van der Waals surface area (Å²) in [6.07, 6.45) is 0. The fourth-order valence-electron chi connectivity index (χ4n) is 1.36. The lowest BCUT2D eigenvalue weighted by molar-refractivity contribution is 0.0606. The van der Waals surface area contributed by atoms with Crippen LogP contribution in [0.2, 0.25) is 5.15 Å². The lowest BCUT2D eigenvalue weighted by atomic mass is 10.2. The van der Waals surface area contributed by atoms with Crippen molar-refractivity contribution in [2.45, 2.75) is 0 Å². The van der Waals surface area contributed by atoms with E-state index in [1.807, 2.05) is 6.07 Å². The van der Waals surface area contributed by atoms with Crippen molar-refractivity contribution < 1.29 is 9.53 Å². The molecule has 1 heterocycles. The van der Waals surface area contributed by atoms with Gasteiger partial charge in [-0.1, -0.05) is 29.0 Å². The highest BCUT2D eigenvalue weighted by molar-refractivity contribution is 7.18.